The Balaban J connectivity index is 2.35. The Morgan fingerprint density at radius 1 is 1.27 bits per heavy atom. The molecule has 15 heavy (non-hydrogen) atoms. The molecule has 0 saturated heterocycles. The van der Waals surface area contributed by atoms with Crippen molar-refractivity contribution >= 4 is 6.09 Å². The smallest absolute Gasteiger partial charge is 0.356 e. The summed E-state index contributed by atoms with van der Waals surface area (Å²) in [7, 11) is 0. The van der Waals surface area contributed by atoms with Crippen LogP contribution in [0.4, 0.5) is 18.0 Å². The maximum atomic E-state index is 11.5. The van der Waals surface area contributed by atoms with Crippen molar-refractivity contribution in [1.29, 1.82) is 0 Å². The maximum absolute atomic E-state index is 11.5. The molecule has 1 N–H and O–H groups in total. The highest BCUT2D eigenvalue weighted by molar-refractivity contribution is 5.67. The number of ether oxygens (including phenoxy) is 1. The Morgan fingerprint density at radius 3 is 2.40 bits per heavy atom. The van der Waals surface area contributed by atoms with Gasteiger partial charge in [0.2, 0.25) is 0 Å². The number of halogens is 3. The van der Waals surface area contributed by atoms with Crippen LogP contribution >= 0.6 is 0 Å². The van der Waals surface area contributed by atoms with Crippen LogP contribution in [0.1, 0.15) is 5.56 Å². The second-order valence-electron chi connectivity index (χ2n) is 2.67. The van der Waals surface area contributed by atoms with Crippen molar-refractivity contribution in [3.63, 3.8) is 0 Å². The molecule has 0 atom stereocenters. The molecule has 1 amide bonds. The standard InChI is InChI=1S/C9H8F3NO2/c10-9(11,12)15-8(14)13-6-7-4-2-1-3-5-7/h1-5H,6H2,(H,13,14). The van der Waals surface area contributed by atoms with Crippen molar-refractivity contribution in [3.05, 3.63) is 35.9 Å². The third kappa shape index (κ3) is 4.90. The van der Waals surface area contributed by atoms with Crippen LogP contribution < -0.4 is 5.32 Å². The molecule has 0 radical (unpaired) electrons. The fraction of sp³-hybridized carbons (Fsp3) is 0.222. The first-order valence-corrected chi connectivity index (χ1v) is 4.05. The summed E-state index contributed by atoms with van der Waals surface area (Å²) in [6.45, 7) is -0.00421. The number of benzene rings is 1. The van der Waals surface area contributed by atoms with Crippen LogP contribution in [0.2, 0.25) is 0 Å². The lowest BCUT2D eigenvalue weighted by molar-refractivity contribution is -0.291. The van der Waals surface area contributed by atoms with E-state index in [-0.39, 0.29) is 6.54 Å². The van der Waals surface area contributed by atoms with Gasteiger partial charge in [-0.05, 0) is 5.56 Å². The molecule has 0 saturated carbocycles. The fourth-order valence-corrected chi connectivity index (χ4v) is 0.911. The van der Waals surface area contributed by atoms with Gasteiger partial charge in [0.1, 0.15) is 0 Å². The topological polar surface area (TPSA) is 38.3 Å². The molecule has 0 aliphatic heterocycles. The Morgan fingerprint density at radius 2 is 1.87 bits per heavy atom. The molecule has 1 rings (SSSR count). The van der Waals surface area contributed by atoms with E-state index in [1.807, 2.05) is 5.32 Å². The molecule has 82 valence electrons. The summed E-state index contributed by atoms with van der Waals surface area (Å²) in [4.78, 5) is 10.6. The van der Waals surface area contributed by atoms with E-state index in [1.54, 1.807) is 30.3 Å². The average Bonchev–Trinajstić information content (AvgIpc) is 2.14. The van der Waals surface area contributed by atoms with Crippen LogP contribution in [-0.2, 0) is 11.3 Å². The molecular weight excluding hydrogens is 211 g/mol. The molecule has 0 heterocycles. The lowest BCUT2D eigenvalue weighted by atomic mass is 10.2. The Labute approximate surface area is 83.8 Å². The van der Waals surface area contributed by atoms with Gasteiger partial charge >= 0.3 is 12.5 Å². The highest BCUT2D eigenvalue weighted by Crippen LogP contribution is 2.15. The number of hydrogen-bond acceptors (Lipinski definition) is 2. The van der Waals surface area contributed by atoms with E-state index in [4.69, 9.17) is 0 Å². The highest BCUT2D eigenvalue weighted by atomic mass is 19.4. The Bertz CT molecular complexity index is 324. The summed E-state index contributed by atoms with van der Waals surface area (Å²) in [5, 5.41) is 1.97. The van der Waals surface area contributed by atoms with Crippen molar-refractivity contribution in [2.75, 3.05) is 0 Å². The number of amides is 1. The summed E-state index contributed by atoms with van der Waals surface area (Å²) in [6.07, 6.45) is -6.45. The van der Waals surface area contributed by atoms with E-state index < -0.39 is 12.5 Å². The van der Waals surface area contributed by atoms with Gasteiger partial charge in [-0.3, -0.25) is 0 Å². The first-order chi connectivity index (χ1) is 6.97. The lowest BCUT2D eigenvalue weighted by Gasteiger charge is -2.08. The van der Waals surface area contributed by atoms with E-state index in [0.717, 1.165) is 0 Å². The summed E-state index contributed by atoms with van der Waals surface area (Å²) < 4.78 is 37.8. The summed E-state index contributed by atoms with van der Waals surface area (Å²) in [5.41, 5.74) is 0.691. The van der Waals surface area contributed by atoms with Crippen molar-refractivity contribution in [1.82, 2.24) is 5.32 Å². The number of hydrogen-bond donors (Lipinski definition) is 1. The van der Waals surface area contributed by atoms with Crippen molar-refractivity contribution in [2.45, 2.75) is 12.9 Å². The first kappa shape index (κ1) is 11.4. The van der Waals surface area contributed by atoms with Crippen molar-refractivity contribution < 1.29 is 22.7 Å². The minimum Gasteiger partial charge on any atom is -0.356 e. The fourth-order valence-electron chi connectivity index (χ4n) is 0.911. The summed E-state index contributed by atoms with van der Waals surface area (Å²) >= 11 is 0. The van der Waals surface area contributed by atoms with Crippen LogP contribution in [0.5, 0.6) is 0 Å². The zero-order chi connectivity index (χ0) is 11.3. The largest absolute Gasteiger partial charge is 0.576 e. The molecule has 1 aromatic carbocycles. The molecule has 0 aromatic heterocycles. The van der Waals surface area contributed by atoms with Gasteiger partial charge in [-0.15, -0.1) is 13.2 Å². The number of carbonyl (C=O) groups is 1. The Hall–Kier alpha value is -1.72. The molecule has 0 fully saturated rings. The van der Waals surface area contributed by atoms with E-state index in [1.165, 1.54) is 0 Å². The molecule has 6 heteroatoms. The van der Waals surface area contributed by atoms with Crippen LogP contribution in [0.15, 0.2) is 30.3 Å². The average molecular weight is 219 g/mol. The second kappa shape index (κ2) is 4.68. The monoisotopic (exact) mass is 219 g/mol. The summed E-state index contributed by atoms with van der Waals surface area (Å²) in [5.74, 6) is 0. The van der Waals surface area contributed by atoms with Crippen LogP contribution in [0.3, 0.4) is 0 Å². The van der Waals surface area contributed by atoms with Gasteiger partial charge in [-0.1, -0.05) is 30.3 Å². The molecule has 0 aliphatic rings. The van der Waals surface area contributed by atoms with Gasteiger partial charge in [-0.2, -0.15) is 0 Å². The number of rotatable bonds is 2. The van der Waals surface area contributed by atoms with Gasteiger partial charge in [0, 0.05) is 6.54 Å². The summed E-state index contributed by atoms with van der Waals surface area (Å²) in [6, 6.07) is 8.54. The number of carbonyl (C=O) groups excluding carboxylic acids is 1. The van der Waals surface area contributed by atoms with E-state index in [2.05, 4.69) is 4.74 Å². The van der Waals surface area contributed by atoms with Crippen LogP contribution in [0.25, 0.3) is 0 Å². The predicted octanol–water partition coefficient (Wildman–Crippen LogP) is 2.43. The number of alkyl halides is 3. The first-order valence-electron chi connectivity index (χ1n) is 4.05. The second-order valence-corrected chi connectivity index (χ2v) is 2.67. The van der Waals surface area contributed by atoms with E-state index in [0.29, 0.717) is 5.56 Å². The minimum atomic E-state index is -4.94. The van der Waals surface area contributed by atoms with Gasteiger partial charge in [0.05, 0.1) is 0 Å². The maximum Gasteiger partial charge on any atom is 0.576 e. The molecule has 0 aliphatic carbocycles. The number of alkyl carbamates (subject to hydrolysis) is 1. The molecule has 3 nitrogen and oxygen atoms in total. The van der Waals surface area contributed by atoms with Gasteiger partial charge in [-0.25, -0.2) is 4.79 Å². The van der Waals surface area contributed by atoms with Crippen LogP contribution in [0, 0.1) is 0 Å². The normalized spacial score (nSPS) is 10.9. The molecular formula is C9H8F3NO2. The Kier molecular flexibility index (Phi) is 3.54. The number of nitrogens with one attached hydrogen (secondary N) is 1. The minimum absolute atomic E-state index is 0.00421. The lowest BCUT2D eigenvalue weighted by Crippen LogP contribution is -2.29. The molecule has 0 unspecified atom stereocenters. The molecule has 0 spiro atoms. The third-order valence-electron chi connectivity index (χ3n) is 1.49. The van der Waals surface area contributed by atoms with E-state index >= 15 is 0 Å². The highest BCUT2D eigenvalue weighted by Gasteiger charge is 2.33. The van der Waals surface area contributed by atoms with Crippen LogP contribution in [-0.4, -0.2) is 12.5 Å². The third-order valence-corrected chi connectivity index (χ3v) is 1.49. The van der Waals surface area contributed by atoms with Gasteiger partial charge in [0.25, 0.3) is 0 Å². The van der Waals surface area contributed by atoms with Gasteiger partial charge < -0.3 is 10.1 Å². The quantitative estimate of drug-likeness (QED) is 0.829. The predicted molar refractivity (Wildman–Crippen MR) is 45.8 cm³/mol. The molecule has 0 bridgehead atoms. The zero-order valence-corrected chi connectivity index (χ0v) is 7.54. The van der Waals surface area contributed by atoms with Gasteiger partial charge in [0.15, 0.2) is 0 Å². The van der Waals surface area contributed by atoms with E-state index in [9.17, 15) is 18.0 Å². The SMILES string of the molecule is O=C(NCc1ccccc1)OC(F)(F)F. The molecule has 1 aromatic rings. The van der Waals surface area contributed by atoms with Crippen molar-refractivity contribution in [3.8, 4) is 0 Å². The van der Waals surface area contributed by atoms with Crippen molar-refractivity contribution in [2.24, 2.45) is 0 Å². The zero-order valence-electron chi connectivity index (χ0n) is 7.54.